The second-order valence-electron chi connectivity index (χ2n) is 10.6. The van der Waals surface area contributed by atoms with Crippen LogP contribution >= 0.6 is 47.2 Å². The Kier molecular flexibility index (Phi) is 10.3. The van der Waals surface area contributed by atoms with Crippen LogP contribution in [-0.4, -0.2) is 53.2 Å². The molecule has 12 heteroatoms. The van der Waals surface area contributed by atoms with Crippen molar-refractivity contribution in [1.82, 2.24) is 15.4 Å². The van der Waals surface area contributed by atoms with Crippen LogP contribution in [0, 0.1) is 11.8 Å². The Hall–Kier alpha value is -3.71. The Bertz CT molecular complexity index is 1800. The summed E-state index contributed by atoms with van der Waals surface area (Å²) in [6.45, 7) is 2.64. The van der Waals surface area contributed by atoms with E-state index in [1.165, 1.54) is 12.1 Å². The van der Waals surface area contributed by atoms with Gasteiger partial charge in [-0.15, -0.1) is 12.4 Å². The zero-order chi connectivity index (χ0) is 30.8. The first-order valence-corrected chi connectivity index (χ1v) is 15.2. The molecule has 3 aromatic carbocycles. The molecule has 1 aliphatic heterocycles. The lowest BCUT2D eigenvalue weighted by Gasteiger charge is -2.27. The van der Waals surface area contributed by atoms with Gasteiger partial charge >= 0.3 is 5.97 Å². The van der Waals surface area contributed by atoms with Gasteiger partial charge in [0.15, 0.2) is 0 Å². The summed E-state index contributed by atoms with van der Waals surface area (Å²) in [4.78, 5) is 26.5. The molecule has 1 saturated carbocycles. The summed E-state index contributed by atoms with van der Waals surface area (Å²) in [6, 6.07) is 14.8. The summed E-state index contributed by atoms with van der Waals surface area (Å²) in [5.41, 5.74) is 3.11. The van der Waals surface area contributed by atoms with E-state index in [9.17, 15) is 14.7 Å². The Morgan fingerprint density at radius 1 is 0.978 bits per heavy atom. The maximum atomic E-state index is 13.0. The first kappa shape index (κ1) is 32.7. The van der Waals surface area contributed by atoms with E-state index in [1.807, 2.05) is 0 Å². The average molecular weight is 687 g/mol. The van der Waals surface area contributed by atoms with Crippen LogP contribution in [0.25, 0.3) is 11.3 Å². The van der Waals surface area contributed by atoms with Crippen LogP contribution in [0.5, 0.6) is 5.75 Å². The number of hydrogen-bond acceptors (Lipinski definition) is 6. The first-order chi connectivity index (χ1) is 21.3. The highest BCUT2D eigenvalue weighted by Gasteiger charge is 2.33. The van der Waals surface area contributed by atoms with Crippen molar-refractivity contribution in [1.29, 1.82) is 0 Å². The van der Waals surface area contributed by atoms with Crippen molar-refractivity contribution >= 4 is 59.1 Å². The summed E-state index contributed by atoms with van der Waals surface area (Å²) in [7, 11) is 0. The fourth-order valence-electron chi connectivity index (χ4n) is 5.03. The molecule has 2 aliphatic rings. The van der Waals surface area contributed by atoms with Crippen molar-refractivity contribution in [3.05, 3.63) is 103 Å². The third-order valence-electron chi connectivity index (χ3n) is 7.46. The minimum absolute atomic E-state index is 0. The fraction of sp³-hybridized carbons (Fsp3) is 0.242. The number of carboxylic acids is 1. The smallest absolute Gasteiger partial charge is 0.335 e. The number of nitrogens with zero attached hydrogens (tertiary/aromatic N) is 2. The van der Waals surface area contributed by atoms with Gasteiger partial charge in [-0.2, -0.15) is 0 Å². The van der Waals surface area contributed by atoms with Crippen molar-refractivity contribution < 1.29 is 24.0 Å². The van der Waals surface area contributed by atoms with Crippen molar-refractivity contribution in [3.8, 4) is 28.8 Å². The largest absolute Gasteiger partial charge is 0.489 e. The molecule has 45 heavy (non-hydrogen) atoms. The lowest BCUT2D eigenvalue weighted by atomic mass is 10.0. The maximum Gasteiger partial charge on any atom is 0.335 e. The number of aromatic carboxylic acids is 1. The van der Waals surface area contributed by atoms with Gasteiger partial charge in [-0.1, -0.05) is 57.9 Å². The molecule has 1 saturated heterocycles. The lowest BCUT2D eigenvalue weighted by molar-refractivity contribution is 0.0696. The summed E-state index contributed by atoms with van der Waals surface area (Å²) < 4.78 is 11.8. The molecule has 1 aromatic heterocycles. The molecule has 4 aromatic rings. The number of amides is 1. The van der Waals surface area contributed by atoms with Crippen LogP contribution in [0.15, 0.2) is 59.1 Å². The van der Waals surface area contributed by atoms with Crippen LogP contribution in [0.3, 0.4) is 0 Å². The van der Waals surface area contributed by atoms with Gasteiger partial charge < -0.3 is 24.6 Å². The molecule has 0 radical (unpaired) electrons. The van der Waals surface area contributed by atoms with Crippen LogP contribution in [-0.2, 0) is 6.61 Å². The van der Waals surface area contributed by atoms with E-state index in [0.29, 0.717) is 69.4 Å². The Labute approximate surface area is 281 Å². The normalized spacial score (nSPS) is 14.2. The van der Waals surface area contributed by atoms with E-state index in [4.69, 9.17) is 44.1 Å². The van der Waals surface area contributed by atoms with Gasteiger partial charge in [0.05, 0.1) is 26.2 Å². The topological polar surface area (TPSA) is 105 Å². The number of carboxylic acid groups (broad SMARTS) is 1. The molecule has 2 heterocycles. The minimum Gasteiger partial charge on any atom is -0.489 e. The van der Waals surface area contributed by atoms with E-state index in [0.717, 1.165) is 24.2 Å². The molecule has 8 nitrogen and oxygen atoms in total. The van der Waals surface area contributed by atoms with Crippen LogP contribution in [0.2, 0.25) is 15.1 Å². The number of aromatic nitrogens is 1. The fourth-order valence-corrected chi connectivity index (χ4v) is 5.82. The zero-order valence-corrected chi connectivity index (χ0v) is 26.8. The van der Waals surface area contributed by atoms with Gasteiger partial charge in [-0.05, 0) is 55.3 Å². The number of nitrogens with one attached hydrogen (secondary N) is 1. The molecular weight excluding hydrogens is 660 g/mol. The zero-order valence-electron chi connectivity index (χ0n) is 23.7. The predicted octanol–water partition coefficient (Wildman–Crippen LogP) is 7.32. The van der Waals surface area contributed by atoms with Crippen LogP contribution < -0.4 is 10.1 Å². The summed E-state index contributed by atoms with van der Waals surface area (Å²) in [5.74, 6) is 6.15. The number of rotatable bonds is 7. The standard InChI is InChI=1S/C33H26Cl3N3O5.ClH/c34-26-2-1-3-27(35)29(26)30-25(31(44-38-30)21-6-7-21)18-43-24-9-8-20(28(36)17-24)5-4-19-14-22(16-23(15-19)33(41)42)32(40)39-12-10-37-11-13-39;/h1-3,8-9,14-17,21,37H,6-7,10-13,18H2,(H,41,42);1H. The molecule has 0 spiro atoms. The maximum absolute atomic E-state index is 13.0. The highest BCUT2D eigenvalue weighted by atomic mass is 35.5. The van der Waals surface area contributed by atoms with E-state index in [1.54, 1.807) is 47.4 Å². The molecule has 1 aliphatic carbocycles. The molecule has 2 N–H and O–H groups in total. The van der Waals surface area contributed by atoms with Gasteiger partial charge in [0, 0.05) is 60.4 Å². The van der Waals surface area contributed by atoms with Crippen LogP contribution in [0.1, 0.15) is 61.9 Å². The van der Waals surface area contributed by atoms with E-state index >= 15 is 0 Å². The van der Waals surface area contributed by atoms with Crippen LogP contribution in [0.4, 0.5) is 0 Å². The SMILES string of the molecule is Cl.O=C(O)c1cc(C#Cc2ccc(OCc3c(-c4c(Cl)cccc4Cl)noc3C3CC3)cc2Cl)cc(C(=O)N2CCNCC2)c1. The number of carbonyl (C=O) groups is 2. The predicted molar refractivity (Wildman–Crippen MR) is 175 cm³/mol. The summed E-state index contributed by atoms with van der Waals surface area (Å²) in [5, 5.41) is 18.4. The average Bonchev–Trinajstić information content (AvgIpc) is 3.79. The molecule has 0 atom stereocenters. The highest BCUT2D eigenvalue weighted by Crippen LogP contribution is 2.46. The molecular formula is C33H27Cl4N3O5. The molecule has 232 valence electrons. The number of piperazine rings is 1. The molecule has 2 fully saturated rings. The van der Waals surface area contributed by atoms with Gasteiger partial charge in [-0.3, -0.25) is 4.79 Å². The number of hydrogen-bond donors (Lipinski definition) is 2. The number of halogens is 4. The van der Waals surface area contributed by atoms with Gasteiger partial charge in [0.2, 0.25) is 0 Å². The first-order valence-electron chi connectivity index (χ1n) is 14.0. The number of ether oxygens (including phenoxy) is 1. The van der Waals surface area contributed by atoms with Gasteiger partial charge in [-0.25, -0.2) is 4.79 Å². The van der Waals surface area contributed by atoms with Crippen molar-refractivity contribution in [2.24, 2.45) is 0 Å². The number of carbonyl (C=O) groups excluding carboxylic acids is 1. The third-order valence-corrected chi connectivity index (χ3v) is 8.41. The molecule has 1 amide bonds. The van der Waals surface area contributed by atoms with E-state index < -0.39 is 5.97 Å². The Morgan fingerprint density at radius 3 is 2.36 bits per heavy atom. The summed E-state index contributed by atoms with van der Waals surface area (Å²) in [6.07, 6.45) is 2.02. The minimum atomic E-state index is -1.14. The van der Waals surface area contributed by atoms with Crippen molar-refractivity contribution in [3.63, 3.8) is 0 Å². The van der Waals surface area contributed by atoms with E-state index in [-0.39, 0.29) is 42.0 Å². The van der Waals surface area contributed by atoms with Gasteiger partial charge in [0.1, 0.15) is 23.8 Å². The van der Waals surface area contributed by atoms with Crippen molar-refractivity contribution in [2.75, 3.05) is 26.2 Å². The van der Waals surface area contributed by atoms with Crippen molar-refractivity contribution in [2.45, 2.75) is 25.4 Å². The van der Waals surface area contributed by atoms with Gasteiger partial charge in [0.25, 0.3) is 5.91 Å². The molecule has 0 unspecified atom stereocenters. The Balaban J connectivity index is 0.00000400. The Morgan fingerprint density at radius 2 is 1.69 bits per heavy atom. The highest BCUT2D eigenvalue weighted by molar-refractivity contribution is 6.39. The number of benzene rings is 3. The molecule has 0 bridgehead atoms. The third kappa shape index (κ3) is 7.41. The molecule has 6 rings (SSSR count). The second-order valence-corrected chi connectivity index (χ2v) is 11.8. The second kappa shape index (κ2) is 14.2. The van der Waals surface area contributed by atoms with E-state index in [2.05, 4.69) is 22.3 Å². The summed E-state index contributed by atoms with van der Waals surface area (Å²) >= 11 is 19.5. The lowest BCUT2D eigenvalue weighted by Crippen LogP contribution is -2.46. The monoisotopic (exact) mass is 685 g/mol. The quantitative estimate of drug-likeness (QED) is 0.196.